The molecule has 0 N–H and O–H groups in total. The Balaban J connectivity index is 2.16. The van der Waals surface area contributed by atoms with Crippen LogP contribution in [0.2, 0.25) is 0 Å². The summed E-state index contributed by atoms with van der Waals surface area (Å²) in [6.07, 6.45) is 0. The first-order valence-corrected chi connectivity index (χ1v) is 8.36. The van der Waals surface area contributed by atoms with E-state index in [0.717, 1.165) is 19.0 Å². The molecule has 0 spiro atoms. The Labute approximate surface area is 144 Å². The van der Waals surface area contributed by atoms with Crippen molar-refractivity contribution in [2.24, 2.45) is 0 Å². The third kappa shape index (κ3) is 4.03. The minimum atomic E-state index is -0.283. The maximum Gasteiger partial charge on any atom is 0.148 e. The summed E-state index contributed by atoms with van der Waals surface area (Å²) in [5, 5.41) is 0. The Kier molecular flexibility index (Phi) is 5.45. The number of halogens is 5. The first-order valence-electron chi connectivity index (χ1n) is 5.18. The van der Waals surface area contributed by atoms with Crippen LogP contribution in [-0.4, -0.2) is 0 Å². The molecule has 6 heteroatoms. The molecule has 0 atom stereocenters. The van der Waals surface area contributed by atoms with Gasteiger partial charge in [-0.25, -0.2) is 4.39 Å². The number of hydrogen-bond acceptors (Lipinski definition) is 1. The largest absolute Gasteiger partial charge is 0.487 e. The van der Waals surface area contributed by atoms with Gasteiger partial charge in [0.1, 0.15) is 18.2 Å². The molecule has 0 unspecified atom stereocenters. The lowest BCUT2D eigenvalue weighted by atomic mass is 10.2. The number of benzene rings is 2. The Morgan fingerprint density at radius 1 is 0.895 bits per heavy atom. The normalized spacial score (nSPS) is 10.6. The third-order valence-electron chi connectivity index (χ3n) is 2.33. The predicted molar refractivity (Wildman–Crippen MR) is 88.0 cm³/mol. The van der Waals surface area contributed by atoms with Crippen molar-refractivity contribution >= 4 is 63.7 Å². The van der Waals surface area contributed by atoms with E-state index in [4.69, 9.17) is 4.74 Å². The zero-order chi connectivity index (χ0) is 14.0. The van der Waals surface area contributed by atoms with Gasteiger partial charge in [0.15, 0.2) is 0 Å². The van der Waals surface area contributed by atoms with Crippen molar-refractivity contribution in [2.45, 2.75) is 6.61 Å². The van der Waals surface area contributed by atoms with Crippen molar-refractivity contribution in [3.05, 3.63) is 59.6 Å². The zero-order valence-electron chi connectivity index (χ0n) is 9.39. The van der Waals surface area contributed by atoms with Crippen LogP contribution in [0.5, 0.6) is 5.75 Å². The molecular weight excluding hydrogens is 511 g/mol. The van der Waals surface area contributed by atoms with Crippen LogP contribution in [0.15, 0.2) is 48.2 Å². The van der Waals surface area contributed by atoms with Gasteiger partial charge in [0.25, 0.3) is 0 Å². The molecule has 0 radical (unpaired) electrons. The monoisotopic (exact) mass is 514 g/mol. The molecule has 0 aromatic heterocycles. The summed E-state index contributed by atoms with van der Waals surface area (Å²) in [6, 6.07) is 8.62. The van der Waals surface area contributed by atoms with Crippen LogP contribution < -0.4 is 4.74 Å². The minimum absolute atomic E-state index is 0.283. The minimum Gasteiger partial charge on any atom is -0.487 e. The van der Waals surface area contributed by atoms with E-state index >= 15 is 0 Å². The molecule has 1 nitrogen and oxygen atoms in total. The average Bonchev–Trinajstić information content (AvgIpc) is 2.32. The van der Waals surface area contributed by atoms with Gasteiger partial charge >= 0.3 is 0 Å². The summed E-state index contributed by atoms with van der Waals surface area (Å²) in [6.45, 7) is 0.359. The molecule has 0 fully saturated rings. The molecule has 0 amide bonds. The summed E-state index contributed by atoms with van der Waals surface area (Å²) < 4.78 is 21.9. The Hall–Kier alpha value is 0.0900. The van der Waals surface area contributed by atoms with Crippen LogP contribution in [0, 0.1) is 5.82 Å². The smallest absolute Gasteiger partial charge is 0.148 e. The SMILES string of the molecule is Fc1ccc(COc2c(Br)cc(Br)cc2Br)cc1Br. The summed E-state index contributed by atoms with van der Waals surface area (Å²) in [4.78, 5) is 0. The second-order valence-electron chi connectivity index (χ2n) is 3.74. The van der Waals surface area contributed by atoms with Crippen LogP contribution in [0.1, 0.15) is 5.56 Å². The number of hydrogen-bond donors (Lipinski definition) is 0. The molecule has 0 bridgehead atoms. The molecule has 0 aliphatic heterocycles. The van der Waals surface area contributed by atoms with Gasteiger partial charge < -0.3 is 4.74 Å². The highest BCUT2D eigenvalue weighted by atomic mass is 79.9. The molecule has 19 heavy (non-hydrogen) atoms. The summed E-state index contributed by atoms with van der Waals surface area (Å²) in [7, 11) is 0. The maximum absolute atomic E-state index is 13.1. The molecular formula is C13H7Br4FO. The maximum atomic E-state index is 13.1. The van der Waals surface area contributed by atoms with Crippen molar-refractivity contribution in [1.29, 1.82) is 0 Å². The van der Waals surface area contributed by atoms with Crippen LogP contribution in [0.4, 0.5) is 4.39 Å². The lowest BCUT2D eigenvalue weighted by Gasteiger charge is -2.11. The predicted octanol–water partition coefficient (Wildman–Crippen LogP) is 6.45. The van der Waals surface area contributed by atoms with Gasteiger partial charge in [-0.1, -0.05) is 22.0 Å². The molecule has 2 aromatic rings. The lowest BCUT2D eigenvalue weighted by molar-refractivity contribution is 0.302. The van der Waals surface area contributed by atoms with Crippen LogP contribution in [0.3, 0.4) is 0 Å². The third-order valence-corrected chi connectivity index (χ3v) is 4.57. The molecule has 0 saturated heterocycles. The van der Waals surface area contributed by atoms with Crippen molar-refractivity contribution in [1.82, 2.24) is 0 Å². The van der Waals surface area contributed by atoms with Crippen LogP contribution in [-0.2, 0) is 6.61 Å². The lowest BCUT2D eigenvalue weighted by Crippen LogP contribution is -1.97. The zero-order valence-corrected chi connectivity index (χ0v) is 15.7. The van der Waals surface area contributed by atoms with E-state index in [0.29, 0.717) is 16.8 Å². The van der Waals surface area contributed by atoms with E-state index in [9.17, 15) is 4.39 Å². The second kappa shape index (κ2) is 6.70. The van der Waals surface area contributed by atoms with E-state index in [2.05, 4.69) is 63.7 Å². The van der Waals surface area contributed by atoms with Gasteiger partial charge in [0.2, 0.25) is 0 Å². The molecule has 2 aromatic carbocycles. The Bertz CT molecular complexity index is 593. The summed E-state index contributed by atoms with van der Waals surface area (Å²) >= 11 is 13.4. The number of ether oxygens (including phenoxy) is 1. The van der Waals surface area contributed by atoms with Gasteiger partial charge in [0, 0.05) is 4.47 Å². The topological polar surface area (TPSA) is 9.23 Å². The highest BCUT2D eigenvalue weighted by Gasteiger charge is 2.09. The highest BCUT2D eigenvalue weighted by molar-refractivity contribution is 9.11. The highest BCUT2D eigenvalue weighted by Crippen LogP contribution is 2.36. The average molecular weight is 518 g/mol. The quantitative estimate of drug-likeness (QED) is 0.454. The first-order chi connectivity index (χ1) is 8.97. The Morgan fingerprint density at radius 3 is 2.11 bits per heavy atom. The fraction of sp³-hybridized carbons (Fsp3) is 0.0769. The van der Waals surface area contributed by atoms with Crippen LogP contribution >= 0.6 is 63.7 Å². The van der Waals surface area contributed by atoms with E-state index in [1.807, 2.05) is 12.1 Å². The molecule has 0 aliphatic rings. The standard InChI is InChI=1S/C13H7Br4FO/c14-8-4-10(16)13(11(17)5-8)19-6-7-1-2-12(18)9(15)3-7/h1-5H,6H2. The molecule has 0 aliphatic carbocycles. The van der Waals surface area contributed by atoms with Crippen molar-refractivity contribution in [3.63, 3.8) is 0 Å². The fourth-order valence-corrected chi connectivity index (χ4v) is 4.37. The second-order valence-corrected chi connectivity index (χ2v) is 7.21. The van der Waals surface area contributed by atoms with Crippen LogP contribution in [0.25, 0.3) is 0 Å². The number of rotatable bonds is 3. The van der Waals surface area contributed by atoms with Crippen molar-refractivity contribution in [2.75, 3.05) is 0 Å². The summed E-state index contributed by atoms with van der Waals surface area (Å²) in [5.74, 6) is 0.429. The molecule has 0 heterocycles. The molecule has 100 valence electrons. The summed E-state index contributed by atoms with van der Waals surface area (Å²) in [5.41, 5.74) is 0.884. The molecule has 0 saturated carbocycles. The van der Waals surface area contributed by atoms with E-state index < -0.39 is 0 Å². The van der Waals surface area contributed by atoms with Gasteiger partial charge in [-0.3, -0.25) is 0 Å². The van der Waals surface area contributed by atoms with Gasteiger partial charge in [-0.2, -0.15) is 0 Å². The van der Waals surface area contributed by atoms with Gasteiger partial charge in [-0.05, 0) is 77.6 Å². The fourth-order valence-electron chi connectivity index (χ4n) is 1.45. The van der Waals surface area contributed by atoms with E-state index in [1.54, 1.807) is 12.1 Å². The molecule has 2 rings (SSSR count). The van der Waals surface area contributed by atoms with E-state index in [-0.39, 0.29) is 5.82 Å². The van der Waals surface area contributed by atoms with Crippen molar-refractivity contribution < 1.29 is 9.13 Å². The van der Waals surface area contributed by atoms with Crippen molar-refractivity contribution in [3.8, 4) is 5.75 Å². The van der Waals surface area contributed by atoms with E-state index in [1.165, 1.54) is 6.07 Å². The van der Waals surface area contributed by atoms with Gasteiger partial charge in [0.05, 0.1) is 13.4 Å². The van der Waals surface area contributed by atoms with Gasteiger partial charge in [-0.15, -0.1) is 0 Å². The first kappa shape index (κ1) is 15.5. The Morgan fingerprint density at radius 2 is 1.53 bits per heavy atom.